The highest BCUT2D eigenvalue weighted by Gasteiger charge is 2.30. The predicted octanol–water partition coefficient (Wildman–Crippen LogP) is 1.05. The molecule has 2 N–H and O–H groups in total. The SMILES string of the molecule is CCOC(=O)[C@@H]1CCC[NH+](CC(=O)Nc2ccc(CC)cc2)C1. The number of hydrogen-bond donors (Lipinski definition) is 2. The molecule has 5 nitrogen and oxygen atoms in total. The van der Waals surface area contributed by atoms with Crippen LogP contribution in [0.15, 0.2) is 24.3 Å². The minimum absolute atomic E-state index is 0.00578. The van der Waals surface area contributed by atoms with Crippen LogP contribution in [0.25, 0.3) is 0 Å². The fourth-order valence-corrected chi connectivity index (χ4v) is 3.03. The Bertz CT molecular complexity index is 528. The molecule has 2 atom stereocenters. The van der Waals surface area contributed by atoms with Gasteiger partial charge < -0.3 is 15.0 Å². The van der Waals surface area contributed by atoms with E-state index in [-0.39, 0.29) is 17.8 Å². The van der Waals surface area contributed by atoms with Gasteiger partial charge in [0.05, 0.1) is 19.7 Å². The van der Waals surface area contributed by atoms with Crippen molar-refractivity contribution in [1.82, 2.24) is 0 Å². The van der Waals surface area contributed by atoms with Gasteiger partial charge in [0.25, 0.3) is 5.91 Å². The average molecular weight is 319 g/mol. The molecular weight excluding hydrogens is 292 g/mol. The zero-order chi connectivity index (χ0) is 16.7. The Kier molecular flexibility index (Phi) is 6.59. The fraction of sp³-hybridized carbons (Fsp3) is 0.556. The standard InChI is InChI=1S/C18H26N2O3/c1-3-14-7-9-16(10-8-14)19-17(21)13-20-11-5-6-15(12-20)18(22)23-4-2/h7-10,15H,3-6,11-13H2,1-2H3,(H,19,21)/p+1/t15-/m1/s1. The maximum absolute atomic E-state index is 12.2. The summed E-state index contributed by atoms with van der Waals surface area (Å²) in [5.41, 5.74) is 2.08. The number of aryl methyl sites for hydroxylation is 1. The molecule has 1 fully saturated rings. The fourth-order valence-electron chi connectivity index (χ4n) is 3.03. The molecule has 2 rings (SSSR count). The number of nitrogens with one attached hydrogen (secondary N) is 2. The second-order valence-electron chi connectivity index (χ2n) is 6.07. The van der Waals surface area contributed by atoms with Crippen molar-refractivity contribution in [3.63, 3.8) is 0 Å². The minimum atomic E-state index is -0.125. The number of carbonyl (C=O) groups is 2. The van der Waals surface area contributed by atoms with Crippen molar-refractivity contribution in [3.8, 4) is 0 Å². The van der Waals surface area contributed by atoms with Gasteiger partial charge in [-0.1, -0.05) is 19.1 Å². The summed E-state index contributed by atoms with van der Waals surface area (Å²) in [4.78, 5) is 25.2. The van der Waals surface area contributed by atoms with E-state index in [0.29, 0.717) is 19.7 Å². The van der Waals surface area contributed by atoms with Crippen LogP contribution in [0.2, 0.25) is 0 Å². The van der Waals surface area contributed by atoms with E-state index in [2.05, 4.69) is 12.2 Å². The average Bonchev–Trinajstić information content (AvgIpc) is 2.56. The maximum atomic E-state index is 12.2. The molecule has 0 radical (unpaired) electrons. The van der Waals surface area contributed by atoms with E-state index in [4.69, 9.17) is 4.74 Å². The highest BCUT2D eigenvalue weighted by molar-refractivity contribution is 5.91. The monoisotopic (exact) mass is 319 g/mol. The first-order chi connectivity index (χ1) is 11.1. The van der Waals surface area contributed by atoms with E-state index in [1.807, 2.05) is 31.2 Å². The number of anilines is 1. The zero-order valence-electron chi connectivity index (χ0n) is 14.1. The smallest absolute Gasteiger partial charge is 0.314 e. The van der Waals surface area contributed by atoms with Gasteiger partial charge in [-0.3, -0.25) is 9.59 Å². The van der Waals surface area contributed by atoms with Gasteiger partial charge in [0.2, 0.25) is 0 Å². The van der Waals surface area contributed by atoms with Crippen LogP contribution in [0.4, 0.5) is 5.69 Å². The number of ether oxygens (including phenoxy) is 1. The van der Waals surface area contributed by atoms with Crippen LogP contribution in [-0.2, 0) is 20.7 Å². The van der Waals surface area contributed by atoms with E-state index >= 15 is 0 Å². The number of hydrogen-bond acceptors (Lipinski definition) is 3. The lowest BCUT2D eigenvalue weighted by molar-refractivity contribution is -0.899. The molecule has 0 saturated carbocycles. The van der Waals surface area contributed by atoms with Crippen LogP contribution in [0, 0.1) is 5.92 Å². The number of benzene rings is 1. The Morgan fingerprint density at radius 2 is 2.00 bits per heavy atom. The summed E-state index contributed by atoms with van der Waals surface area (Å²) in [5.74, 6) is -0.204. The van der Waals surface area contributed by atoms with Crippen LogP contribution in [0.3, 0.4) is 0 Å². The van der Waals surface area contributed by atoms with Crippen molar-refractivity contribution >= 4 is 17.6 Å². The van der Waals surface area contributed by atoms with Gasteiger partial charge in [-0.15, -0.1) is 0 Å². The minimum Gasteiger partial charge on any atom is -0.466 e. The van der Waals surface area contributed by atoms with E-state index < -0.39 is 0 Å². The number of esters is 1. The second kappa shape index (κ2) is 8.67. The zero-order valence-corrected chi connectivity index (χ0v) is 14.1. The molecule has 0 spiro atoms. The first kappa shape index (κ1) is 17.5. The molecule has 1 aromatic rings. The third-order valence-corrected chi connectivity index (χ3v) is 4.29. The maximum Gasteiger partial charge on any atom is 0.314 e. The molecular formula is C18H27N2O3+. The molecule has 126 valence electrons. The van der Waals surface area contributed by atoms with Gasteiger partial charge in [-0.2, -0.15) is 0 Å². The van der Waals surface area contributed by atoms with Gasteiger partial charge in [-0.25, -0.2) is 0 Å². The lowest BCUT2D eigenvalue weighted by Crippen LogP contribution is -3.14. The Balaban J connectivity index is 1.83. The quantitative estimate of drug-likeness (QED) is 0.771. The van der Waals surface area contributed by atoms with Crippen LogP contribution in [0.5, 0.6) is 0 Å². The van der Waals surface area contributed by atoms with Crippen molar-refractivity contribution in [3.05, 3.63) is 29.8 Å². The lowest BCUT2D eigenvalue weighted by Gasteiger charge is -2.28. The normalized spacial score (nSPS) is 20.8. The van der Waals surface area contributed by atoms with Gasteiger partial charge in [-0.05, 0) is 43.9 Å². The Morgan fingerprint density at radius 3 is 2.65 bits per heavy atom. The number of quaternary nitrogens is 1. The molecule has 1 unspecified atom stereocenters. The summed E-state index contributed by atoms with van der Waals surface area (Å²) in [6.07, 6.45) is 2.81. The topological polar surface area (TPSA) is 59.8 Å². The molecule has 1 saturated heterocycles. The van der Waals surface area contributed by atoms with Crippen molar-refractivity contribution in [2.45, 2.75) is 33.1 Å². The Hall–Kier alpha value is -1.88. The van der Waals surface area contributed by atoms with Crippen molar-refractivity contribution in [1.29, 1.82) is 0 Å². The largest absolute Gasteiger partial charge is 0.466 e. The molecule has 23 heavy (non-hydrogen) atoms. The summed E-state index contributed by atoms with van der Waals surface area (Å²) >= 11 is 0. The third-order valence-electron chi connectivity index (χ3n) is 4.29. The summed E-state index contributed by atoms with van der Waals surface area (Å²) in [6, 6.07) is 7.92. The van der Waals surface area contributed by atoms with Crippen LogP contribution in [-0.4, -0.2) is 38.1 Å². The highest BCUT2D eigenvalue weighted by Crippen LogP contribution is 2.11. The first-order valence-electron chi connectivity index (χ1n) is 8.51. The third kappa shape index (κ3) is 5.36. The Labute approximate surface area is 138 Å². The molecule has 0 bridgehead atoms. The van der Waals surface area contributed by atoms with E-state index in [1.54, 1.807) is 0 Å². The molecule has 1 amide bonds. The molecule has 0 aromatic heterocycles. The van der Waals surface area contributed by atoms with Gasteiger partial charge in [0.1, 0.15) is 5.92 Å². The van der Waals surface area contributed by atoms with Gasteiger partial charge in [0, 0.05) is 5.69 Å². The number of rotatable bonds is 6. The van der Waals surface area contributed by atoms with E-state index in [0.717, 1.165) is 36.4 Å². The first-order valence-corrected chi connectivity index (χ1v) is 8.51. The van der Waals surface area contributed by atoms with Crippen molar-refractivity contribution in [2.24, 2.45) is 5.92 Å². The summed E-state index contributed by atoms with van der Waals surface area (Å²) in [6.45, 7) is 6.35. The van der Waals surface area contributed by atoms with Crippen LogP contribution >= 0.6 is 0 Å². The molecule has 1 aliphatic heterocycles. The van der Waals surface area contributed by atoms with Gasteiger partial charge >= 0.3 is 5.97 Å². The number of likely N-dealkylation sites (tertiary alicyclic amines) is 1. The molecule has 1 aromatic carbocycles. The molecule has 1 heterocycles. The molecule has 0 aliphatic carbocycles. The van der Waals surface area contributed by atoms with E-state index in [1.165, 1.54) is 5.56 Å². The van der Waals surface area contributed by atoms with Crippen molar-refractivity contribution < 1.29 is 19.2 Å². The number of piperidine rings is 1. The second-order valence-corrected chi connectivity index (χ2v) is 6.07. The summed E-state index contributed by atoms with van der Waals surface area (Å²) in [5, 5.41) is 2.93. The lowest BCUT2D eigenvalue weighted by atomic mass is 9.98. The molecule has 5 heteroatoms. The van der Waals surface area contributed by atoms with Crippen molar-refractivity contribution in [2.75, 3.05) is 31.6 Å². The number of amides is 1. The number of carbonyl (C=O) groups excluding carboxylic acids is 2. The predicted molar refractivity (Wildman–Crippen MR) is 89.4 cm³/mol. The van der Waals surface area contributed by atoms with Gasteiger partial charge in [0.15, 0.2) is 6.54 Å². The summed E-state index contributed by atoms with van der Waals surface area (Å²) < 4.78 is 5.10. The van der Waals surface area contributed by atoms with Crippen LogP contribution < -0.4 is 10.2 Å². The summed E-state index contributed by atoms with van der Waals surface area (Å²) in [7, 11) is 0. The van der Waals surface area contributed by atoms with Crippen LogP contribution in [0.1, 0.15) is 32.3 Å². The highest BCUT2D eigenvalue weighted by atomic mass is 16.5. The molecule has 1 aliphatic rings. The van der Waals surface area contributed by atoms with E-state index in [9.17, 15) is 9.59 Å². The Morgan fingerprint density at radius 1 is 1.26 bits per heavy atom.